The third-order valence-electron chi connectivity index (χ3n) is 2.45. The van der Waals surface area contributed by atoms with E-state index in [1.807, 2.05) is 0 Å². The van der Waals surface area contributed by atoms with E-state index < -0.39 is 0 Å². The predicted octanol–water partition coefficient (Wildman–Crippen LogP) is 2.81. The SMILES string of the molecule is CCCCOCC(N)c1ccc(C)cc1. The first kappa shape index (κ1) is 12.2. The third-order valence-corrected chi connectivity index (χ3v) is 2.45. The van der Waals surface area contributed by atoms with E-state index in [-0.39, 0.29) is 6.04 Å². The standard InChI is InChI=1S/C13H21NO/c1-3-4-9-15-10-13(14)12-7-5-11(2)6-8-12/h5-8,13H,3-4,9-10,14H2,1-2H3. The first-order chi connectivity index (χ1) is 7.24. The largest absolute Gasteiger partial charge is 0.379 e. The summed E-state index contributed by atoms with van der Waals surface area (Å²) in [6.45, 7) is 5.66. The lowest BCUT2D eigenvalue weighted by Crippen LogP contribution is -2.17. The van der Waals surface area contributed by atoms with Gasteiger partial charge in [-0.25, -0.2) is 0 Å². The maximum atomic E-state index is 6.00. The van der Waals surface area contributed by atoms with Crippen molar-refractivity contribution in [2.24, 2.45) is 5.73 Å². The topological polar surface area (TPSA) is 35.2 Å². The van der Waals surface area contributed by atoms with Crippen LogP contribution in [0.15, 0.2) is 24.3 Å². The Labute approximate surface area is 92.4 Å². The summed E-state index contributed by atoms with van der Waals surface area (Å²) in [5, 5.41) is 0. The molecule has 1 rings (SSSR count). The summed E-state index contributed by atoms with van der Waals surface area (Å²) < 4.78 is 5.50. The van der Waals surface area contributed by atoms with Gasteiger partial charge in [0.2, 0.25) is 0 Å². The van der Waals surface area contributed by atoms with Crippen LogP contribution < -0.4 is 5.73 Å². The Balaban J connectivity index is 2.33. The average Bonchev–Trinajstić information content (AvgIpc) is 2.25. The Morgan fingerprint density at radius 3 is 2.53 bits per heavy atom. The molecule has 0 bridgehead atoms. The molecule has 1 aromatic rings. The first-order valence-corrected chi connectivity index (χ1v) is 5.64. The molecule has 0 aromatic heterocycles. The number of hydrogen-bond acceptors (Lipinski definition) is 2. The molecule has 0 aliphatic rings. The molecular formula is C13H21NO. The summed E-state index contributed by atoms with van der Waals surface area (Å²) >= 11 is 0. The van der Waals surface area contributed by atoms with E-state index in [0.717, 1.165) is 18.6 Å². The lowest BCUT2D eigenvalue weighted by atomic mass is 10.1. The molecule has 1 aromatic carbocycles. The van der Waals surface area contributed by atoms with Crippen molar-refractivity contribution < 1.29 is 4.74 Å². The minimum atomic E-state index is 0.00227. The van der Waals surface area contributed by atoms with Crippen LogP contribution >= 0.6 is 0 Å². The van der Waals surface area contributed by atoms with Crippen LogP contribution in [0.3, 0.4) is 0 Å². The number of unbranched alkanes of at least 4 members (excludes halogenated alkanes) is 1. The number of benzene rings is 1. The van der Waals surface area contributed by atoms with Crippen molar-refractivity contribution in [2.75, 3.05) is 13.2 Å². The molecule has 84 valence electrons. The van der Waals surface area contributed by atoms with Gasteiger partial charge in [0.25, 0.3) is 0 Å². The molecule has 1 unspecified atom stereocenters. The molecule has 1 atom stereocenters. The second-order valence-electron chi connectivity index (χ2n) is 3.95. The Hall–Kier alpha value is -0.860. The van der Waals surface area contributed by atoms with E-state index in [4.69, 9.17) is 10.5 Å². The van der Waals surface area contributed by atoms with Crippen LogP contribution in [0.1, 0.15) is 36.9 Å². The van der Waals surface area contributed by atoms with Gasteiger partial charge in [-0.2, -0.15) is 0 Å². The highest BCUT2D eigenvalue weighted by Gasteiger charge is 2.04. The molecule has 0 heterocycles. The fourth-order valence-corrected chi connectivity index (χ4v) is 1.37. The summed E-state index contributed by atoms with van der Waals surface area (Å²) in [4.78, 5) is 0. The number of nitrogens with two attached hydrogens (primary N) is 1. The molecule has 0 radical (unpaired) electrons. The molecule has 2 nitrogen and oxygen atoms in total. The van der Waals surface area contributed by atoms with Gasteiger partial charge in [-0.3, -0.25) is 0 Å². The van der Waals surface area contributed by atoms with Gasteiger partial charge in [0.05, 0.1) is 12.6 Å². The highest BCUT2D eigenvalue weighted by Crippen LogP contribution is 2.11. The summed E-state index contributed by atoms with van der Waals surface area (Å²) in [7, 11) is 0. The number of rotatable bonds is 6. The Kier molecular flexibility index (Phi) is 5.37. The van der Waals surface area contributed by atoms with Gasteiger partial charge in [-0.15, -0.1) is 0 Å². The molecule has 2 heteroatoms. The second-order valence-corrected chi connectivity index (χ2v) is 3.95. The summed E-state index contributed by atoms with van der Waals surface area (Å²) in [5.74, 6) is 0. The van der Waals surface area contributed by atoms with Crippen LogP contribution in [-0.2, 0) is 4.74 Å². The zero-order valence-corrected chi connectivity index (χ0v) is 9.70. The van der Waals surface area contributed by atoms with Gasteiger partial charge in [0, 0.05) is 6.61 Å². The summed E-state index contributed by atoms with van der Waals surface area (Å²) in [6, 6.07) is 8.32. The molecule has 15 heavy (non-hydrogen) atoms. The zero-order chi connectivity index (χ0) is 11.1. The normalized spacial score (nSPS) is 12.7. The summed E-state index contributed by atoms with van der Waals surface area (Å²) in [6.07, 6.45) is 2.28. The fraction of sp³-hybridized carbons (Fsp3) is 0.538. The van der Waals surface area contributed by atoms with E-state index >= 15 is 0 Å². The van der Waals surface area contributed by atoms with Gasteiger partial charge in [-0.1, -0.05) is 43.2 Å². The average molecular weight is 207 g/mol. The molecule has 0 fully saturated rings. The number of hydrogen-bond donors (Lipinski definition) is 1. The van der Waals surface area contributed by atoms with Crippen LogP contribution in [0.2, 0.25) is 0 Å². The number of ether oxygens (including phenoxy) is 1. The van der Waals surface area contributed by atoms with Crippen LogP contribution in [0, 0.1) is 6.92 Å². The van der Waals surface area contributed by atoms with Gasteiger partial charge >= 0.3 is 0 Å². The van der Waals surface area contributed by atoms with E-state index in [2.05, 4.69) is 38.1 Å². The van der Waals surface area contributed by atoms with Crippen LogP contribution in [0.5, 0.6) is 0 Å². The number of aryl methyl sites for hydroxylation is 1. The molecular weight excluding hydrogens is 186 g/mol. The molecule has 2 N–H and O–H groups in total. The maximum absolute atomic E-state index is 6.00. The molecule has 0 aliphatic carbocycles. The van der Waals surface area contributed by atoms with Crippen molar-refractivity contribution in [1.82, 2.24) is 0 Å². The van der Waals surface area contributed by atoms with Gasteiger partial charge < -0.3 is 10.5 Å². The highest BCUT2D eigenvalue weighted by atomic mass is 16.5. The Bertz CT molecular complexity index is 268. The minimum absolute atomic E-state index is 0.00227. The molecule has 0 spiro atoms. The third kappa shape index (κ3) is 4.45. The minimum Gasteiger partial charge on any atom is -0.379 e. The molecule has 0 amide bonds. The lowest BCUT2D eigenvalue weighted by molar-refractivity contribution is 0.118. The van der Waals surface area contributed by atoms with E-state index in [0.29, 0.717) is 6.61 Å². The molecule has 0 saturated heterocycles. The van der Waals surface area contributed by atoms with Crippen LogP contribution in [0.25, 0.3) is 0 Å². The zero-order valence-electron chi connectivity index (χ0n) is 9.70. The highest BCUT2D eigenvalue weighted by molar-refractivity contribution is 5.23. The van der Waals surface area contributed by atoms with Crippen molar-refractivity contribution in [3.05, 3.63) is 35.4 Å². The monoisotopic (exact) mass is 207 g/mol. The second kappa shape index (κ2) is 6.59. The van der Waals surface area contributed by atoms with E-state index in [1.165, 1.54) is 12.0 Å². The van der Waals surface area contributed by atoms with E-state index in [1.54, 1.807) is 0 Å². The molecule has 0 aliphatic heterocycles. The summed E-state index contributed by atoms with van der Waals surface area (Å²) in [5.41, 5.74) is 8.41. The van der Waals surface area contributed by atoms with Crippen molar-refractivity contribution in [3.8, 4) is 0 Å². The molecule has 0 saturated carbocycles. The maximum Gasteiger partial charge on any atom is 0.0659 e. The fourth-order valence-electron chi connectivity index (χ4n) is 1.37. The van der Waals surface area contributed by atoms with Gasteiger partial charge in [0.1, 0.15) is 0 Å². The quantitative estimate of drug-likeness (QED) is 0.728. The predicted molar refractivity (Wildman–Crippen MR) is 63.8 cm³/mol. The lowest BCUT2D eigenvalue weighted by Gasteiger charge is -2.12. The van der Waals surface area contributed by atoms with Crippen molar-refractivity contribution in [3.63, 3.8) is 0 Å². The van der Waals surface area contributed by atoms with E-state index in [9.17, 15) is 0 Å². The first-order valence-electron chi connectivity index (χ1n) is 5.64. The Morgan fingerprint density at radius 2 is 1.93 bits per heavy atom. The van der Waals surface area contributed by atoms with Gasteiger partial charge in [-0.05, 0) is 18.9 Å². The van der Waals surface area contributed by atoms with Crippen molar-refractivity contribution in [2.45, 2.75) is 32.7 Å². The smallest absolute Gasteiger partial charge is 0.0659 e. The van der Waals surface area contributed by atoms with Crippen LogP contribution in [-0.4, -0.2) is 13.2 Å². The Morgan fingerprint density at radius 1 is 1.27 bits per heavy atom. The van der Waals surface area contributed by atoms with Crippen molar-refractivity contribution >= 4 is 0 Å². The van der Waals surface area contributed by atoms with Crippen LogP contribution in [0.4, 0.5) is 0 Å². The van der Waals surface area contributed by atoms with Crippen molar-refractivity contribution in [1.29, 1.82) is 0 Å². The van der Waals surface area contributed by atoms with Gasteiger partial charge in [0.15, 0.2) is 0 Å².